The summed E-state index contributed by atoms with van der Waals surface area (Å²) in [6.45, 7) is 1.38. The molecule has 0 bridgehead atoms. The molecule has 5 N–H and O–H groups in total. The highest BCUT2D eigenvalue weighted by atomic mass is 16.6. The summed E-state index contributed by atoms with van der Waals surface area (Å²) in [6.07, 6.45) is 2.94. The summed E-state index contributed by atoms with van der Waals surface area (Å²) in [5.41, 5.74) is 5.23. The molecule has 19 heteroatoms. The van der Waals surface area contributed by atoms with Crippen LogP contribution in [0.1, 0.15) is 43.1 Å². The van der Waals surface area contributed by atoms with Crippen LogP contribution in [-0.2, 0) is 36.8 Å². The van der Waals surface area contributed by atoms with Crippen molar-refractivity contribution in [2.24, 2.45) is 0 Å². The molecule has 4 aromatic heterocycles. The zero-order valence-corrected chi connectivity index (χ0v) is 26.9. The molecule has 2 aliphatic heterocycles. The van der Waals surface area contributed by atoms with Crippen LogP contribution in [0.15, 0.2) is 69.5 Å². The van der Waals surface area contributed by atoms with Crippen molar-refractivity contribution in [3.63, 3.8) is 0 Å². The fraction of sp³-hybridized carbons (Fsp3) is 0.375. The zero-order chi connectivity index (χ0) is 35.8. The van der Waals surface area contributed by atoms with E-state index in [1.807, 2.05) is 30.3 Å². The molecule has 6 heterocycles. The Balaban J connectivity index is 1.19. The minimum atomic E-state index is -1.31. The molecule has 0 unspecified atom stereocenters. The van der Waals surface area contributed by atoms with E-state index in [0.717, 1.165) is 16.2 Å². The van der Waals surface area contributed by atoms with Gasteiger partial charge in [-0.05, 0) is 5.56 Å². The third-order valence-corrected chi connectivity index (χ3v) is 8.65. The van der Waals surface area contributed by atoms with Crippen LogP contribution < -0.4 is 22.5 Å². The molecule has 264 valence electrons. The molecule has 19 nitrogen and oxygen atoms in total. The number of ether oxygens (including phenoxy) is 4. The molecular formula is C32H32N10O9. The van der Waals surface area contributed by atoms with Crippen LogP contribution in [0.3, 0.4) is 0 Å². The van der Waals surface area contributed by atoms with Gasteiger partial charge in [-0.15, -0.1) is 17.4 Å². The number of nitrogens with one attached hydrogen (secondary N) is 2. The molecule has 7 rings (SSSR count). The van der Waals surface area contributed by atoms with Gasteiger partial charge in [-0.3, -0.25) is 33.5 Å². The van der Waals surface area contributed by atoms with Gasteiger partial charge in [-0.1, -0.05) is 35.5 Å². The quantitative estimate of drug-likeness (QED) is 0.104. The van der Waals surface area contributed by atoms with Gasteiger partial charge >= 0.3 is 11.7 Å². The van der Waals surface area contributed by atoms with Gasteiger partial charge in [-0.2, -0.15) is 4.98 Å². The first-order valence-corrected chi connectivity index (χ1v) is 15.8. The van der Waals surface area contributed by atoms with Gasteiger partial charge < -0.3 is 29.8 Å². The smallest absolute Gasteiger partial charge is 0.330 e. The van der Waals surface area contributed by atoms with Crippen molar-refractivity contribution >= 4 is 23.1 Å². The minimum Gasteiger partial charge on any atom is -0.455 e. The molecule has 0 amide bonds. The lowest BCUT2D eigenvalue weighted by Gasteiger charge is -2.24. The van der Waals surface area contributed by atoms with E-state index in [0.29, 0.717) is 5.69 Å². The number of terminal acetylenes is 1. The first-order chi connectivity index (χ1) is 24.6. The van der Waals surface area contributed by atoms with Crippen molar-refractivity contribution in [2.45, 2.75) is 75.4 Å². The number of anilines is 1. The Morgan fingerprint density at radius 2 is 1.86 bits per heavy atom. The highest BCUT2D eigenvalue weighted by Gasteiger charge is 2.50. The number of benzene rings is 1. The SMILES string of the molecule is C#CC[C@H]1O[C@@H](n2cnc3c(=O)[nH]c(N)nc32)[C@H](OC(C)=O)[C@@H]1n1cc(C[C@H]2O[C@@H](n3ccc(=O)[nH]c3=O)[C@H](O)[C@@H]2OCc2ccccc2)nn1. The molecular weight excluding hydrogens is 668 g/mol. The predicted octanol–water partition coefficient (Wildman–Crippen LogP) is -0.677. The number of aromatic nitrogens is 9. The Labute approximate surface area is 287 Å². The summed E-state index contributed by atoms with van der Waals surface area (Å²) < 4.78 is 28.5. The standard InChI is InChI=1S/C32H32N10O9/c1-3-7-19-23(26(49-16(2)43)30(50-19)41-15-34-22-27(41)36-31(33)37-28(22)46)42-13-18(38-39-42)12-20-25(48-14-17-8-5-4-6-9-17)24(45)29(51-20)40-11-10-21(44)35-32(40)47/h1,4-6,8-11,13,15,19-20,23-26,29-30,45H,7,12,14H2,2H3,(H,35,44,47)(H3,33,36,37,46)/t19-,20-,23-,24-,25-,26-,29-,30-/m1/s1. The van der Waals surface area contributed by atoms with Crippen LogP contribution in [0, 0.1) is 12.3 Å². The van der Waals surface area contributed by atoms with Crippen LogP contribution >= 0.6 is 0 Å². The van der Waals surface area contributed by atoms with E-state index >= 15 is 0 Å². The molecule has 2 saturated heterocycles. The van der Waals surface area contributed by atoms with Crippen molar-refractivity contribution in [1.82, 2.24) is 44.1 Å². The Morgan fingerprint density at radius 3 is 2.61 bits per heavy atom. The number of nitrogen functional groups attached to an aromatic ring is 1. The molecule has 0 spiro atoms. The van der Waals surface area contributed by atoms with E-state index in [1.54, 1.807) is 6.20 Å². The fourth-order valence-corrected chi connectivity index (χ4v) is 6.47. The normalized spacial score (nSPS) is 26.0. The maximum atomic E-state index is 12.6. The largest absolute Gasteiger partial charge is 0.455 e. The second kappa shape index (κ2) is 13.8. The van der Waals surface area contributed by atoms with Gasteiger partial charge in [0.25, 0.3) is 11.1 Å². The molecule has 2 fully saturated rings. The summed E-state index contributed by atoms with van der Waals surface area (Å²) in [4.78, 5) is 62.2. The number of nitrogens with zero attached hydrogens (tertiary/aromatic N) is 7. The second-order valence-electron chi connectivity index (χ2n) is 12.0. The summed E-state index contributed by atoms with van der Waals surface area (Å²) in [6, 6.07) is 9.65. The molecule has 0 saturated carbocycles. The Hall–Kier alpha value is -5.94. The Kier molecular flexibility index (Phi) is 9.05. The summed E-state index contributed by atoms with van der Waals surface area (Å²) in [7, 11) is 0. The molecule has 5 aromatic rings. The van der Waals surface area contributed by atoms with Gasteiger partial charge in [0.05, 0.1) is 30.8 Å². The number of carbonyl (C=O) groups excluding carboxylic acids is 1. The number of fused-ring (bicyclic) bond motifs is 1. The Morgan fingerprint density at radius 1 is 1.08 bits per heavy atom. The van der Waals surface area contributed by atoms with Crippen LogP contribution in [0.2, 0.25) is 0 Å². The number of imidazole rings is 1. The van der Waals surface area contributed by atoms with Gasteiger partial charge in [0.1, 0.15) is 18.2 Å². The molecule has 1 aromatic carbocycles. The Bertz CT molecular complexity index is 2270. The highest BCUT2D eigenvalue weighted by molar-refractivity contribution is 5.71. The van der Waals surface area contributed by atoms with Crippen LogP contribution in [0.5, 0.6) is 0 Å². The number of hydrogen-bond donors (Lipinski definition) is 4. The topological polar surface area (TPSA) is 249 Å². The second-order valence-corrected chi connectivity index (χ2v) is 12.0. The highest BCUT2D eigenvalue weighted by Crippen LogP contribution is 2.41. The maximum absolute atomic E-state index is 12.6. The number of aliphatic hydroxyl groups is 1. The zero-order valence-electron chi connectivity index (χ0n) is 26.9. The third-order valence-electron chi connectivity index (χ3n) is 8.65. The maximum Gasteiger partial charge on any atom is 0.330 e. The lowest BCUT2D eigenvalue weighted by molar-refractivity contribution is -0.153. The molecule has 0 aliphatic carbocycles. The average Bonchev–Trinajstić information content (AvgIpc) is 3.86. The van der Waals surface area contributed by atoms with E-state index in [2.05, 4.69) is 36.2 Å². The summed E-state index contributed by atoms with van der Waals surface area (Å²) >= 11 is 0. The number of H-pyrrole nitrogens is 2. The number of carbonyl (C=O) groups is 1. The number of hydrogen-bond acceptors (Lipinski definition) is 14. The molecule has 2 aliphatic rings. The third kappa shape index (κ3) is 6.55. The number of rotatable bonds is 10. The first kappa shape index (κ1) is 33.6. The van der Waals surface area contributed by atoms with E-state index in [-0.39, 0.29) is 36.6 Å². The van der Waals surface area contributed by atoms with Gasteiger partial charge in [0.2, 0.25) is 5.95 Å². The van der Waals surface area contributed by atoms with E-state index < -0.39 is 71.8 Å². The number of nitrogens with two attached hydrogens (primary N) is 1. The average molecular weight is 701 g/mol. The number of aliphatic hydroxyl groups excluding tert-OH is 1. The molecule has 0 radical (unpaired) electrons. The van der Waals surface area contributed by atoms with E-state index in [4.69, 9.17) is 31.1 Å². The molecule has 8 atom stereocenters. The van der Waals surface area contributed by atoms with E-state index in [1.165, 1.54) is 28.7 Å². The lowest BCUT2D eigenvalue weighted by atomic mass is 10.0. The van der Waals surface area contributed by atoms with E-state index in [9.17, 15) is 24.3 Å². The van der Waals surface area contributed by atoms with Gasteiger partial charge in [0.15, 0.2) is 29.7 Å². The first-order valence-electron chi connectivity index (χ1n) is 15.8. The van der Waals surface area contributed by atoms with Crippen molar-refractivity contribution in [3.8, 4) is 12.3 Å². The van der Waals surface area contributed by atoms with Gasteiger partial charge in [-0.25, -0.2) is 14.5 Å². The summed E-state index contributed by atoms with van der Waals surface area (Å²) in [5, 5.41) is 20.0. The van der Waals surface area contributed by atoms with Gasteiger partial charge in [0, 0.05) is 38.2 Å². The predicted molar refractivity (Wildman–Crippen MR) is 174 cm³/mol. The van der Waals surface area contributed by atoms with Crippen LogP contribution in [0.4, 0.5) is 5.95 Å². The lowest BCUT2D eigenvalue weighted by Crippen LogP contribution is -2.38. The number of aromatic amines is 2. The monoisotopic (exact) mass is 700 g/mol. The van der Waals surface area contributed by atoms with Crippen LogP contribution in [0.25, 0.3) is 11.2 Å². The van der Waals surface area contributed by atoms with Crippen molar-refractivity contribution in [1.29, 1.82) is 0 Å². The fourth-order valence-electron chi connectivity index (χ4n) is 6.47. The van der Waals surface area contributed by atoms with Crippen LogP contribution in [-0.4, -0.2) is 85.7 Å². The van der Waals surface area contributed by atoms with Crippen molar-refractivity contribution < 1.29 is 28.8 Å². The molecule has 51 heavy (non-hydrogen) atoms. The van der Waals surface area contributed by atoms with Crippen molar-refractivity contribution in [2.75, 3.05) is 5.73 Å². The minimum absolute atomic E-state index is 0.000385. The number of esters is 1. The summed E-state index contributed by atoms with van der Waals surface area (Å²) in [5.74, 6) is 1.81. The van der Waals surface area contributed by atoms with Crippen molar-refractivity contribution in [3.05, 3.63) is 97.6 Å².